The average Bonchev–Trinajstić information content (AvgIpc) is 2.16. The van der Waals surface area contributed by atoms with Crippen molar-refractivity contribution in [3.05, 3.63) is 28.8 Å². The lowest BCUT2D eigenvalue weighted by Gasteiger charge is -2.12. The van der Waals surface area contributed by atoms with Crippen molar-refractivity contribution in [3.8, 4) is 5.75 Å². The quantitative estimate of drug-likeness (QED) is 0.746. The van der Waals surface area contributed by atoms with Crippen molar-refractivity contribution in [1.82, 2.24) is 0 Å². The maximum atomic E-state index is 8.99. The first-order chi connectivity index (χ1) is 6.69. The van der Waals surface area contributed by atoms with Crippen molar-refractivity contribution in [2.75, 3.05) is 13.9 Å². The molecule has 0 atom stereocenters. The van der Waals surface area contributed by atoms with Gasteiger partial charge in [0.15, 0.2) is 6.79 Å². The van der Waals surface area contributed by atoms with Crippen LogP contribution in [0.5, 0.6) is 5.75 Å². The minimum atomic E-state index is 0.0617. The maximum absolute atomic E-state index is 8.99. The predicted octanol–water partition coefficient (Wildman–Crippen LogP) is 1.78. The molecule has 0 bridgehead atoms. The monoisotopic (exact) mass is 196 g/mol. The van der Waals surface area contributed by atoms with E-state index in [2.05, 4.69) is 0 Å². The van der Waals surface area contributed by atoms with Gasteiger partial charge in [0, 0.05) is 7.11 Å². The van der Waals surface area contributed by atoms with Crippen LogP contribution in [0.3, 0.4) is 0 Å². The Balaban J connectivity index is 2.93. The molecule has 0 spiro atoms. The van der Waals surface area contributed by atoms with Gasteiger partial charge < -0.3 is 14.6 Å². The molecule has 3 heteroatoms. The highest BCUT2D eigenvalue weighted by molar-refractivity contribution is 5.43. The minimum Gasteiger partial charge on any atom is -0.467 e. The molecule has 0 aromatic heterocycles. The summed E-state index contributed by atoms with van der Waals surface area (Å²) in [5.74, 6) is 0.837. The molecule has 3 nitrogen and oxygen atoms in total. The SMILES string of the molecule is COCOc1c(C)cc(CO)cc1C. The molecule has 1 N–H and O–H groups in total. The van der Waals surface area contributed by atoms with Crippen LogP contribution in [0.15, 0.2) is 12.1 Å². The molecule has 0 aliphatic heterocycles. The topological polar surface area (TPSA) is 38.7 Å². The molecule has 0 amide bonds. The molecule has 0 aliphatic rings. The molecule has 1 rings (SSSR count). The normalized spacial score (nSPS) is 10.3. The molecule has 14 heavy (non-hydrogen) atoms. The smallest absolute Gasteiger partial charge is 0.188 e. The Morgan fingerprint density at radius 3 is 2.21 bits per heavy atom. The zero-order chi connectivity index (χ0) is 10.6. The Morgan fingerprint density at radius 1 is 1.21 bits per heavy atom. The van der Waals surface area contributed by atoms with Crippen LogP contribution in [-0.2, 0) is 11.3 Å². The Hall–Kier alpha value is -1.06. The van der Waals surface area contributed by atoms with E-state index in [1.807, 2.05) is 26.0 Å². The minimum absolute atomic E-state index is 0.0617. The fraction of sp³-hybridized carbons (Fsp3) is 0.455. The molecule has 0 unspecified atom stereocenters. The van der Waals surface area contributed by atoms with Crippen molar-refractivity contribution in [2.24, 2.45) is 0 Å². The van der Waals surface area contributed by atoms with Crippen molar-refractivity contribution in [2.45, 2.75) is 20.5 Å². The van der Waals surface area contributed by atoms with Gasteiger partial charge in [-0.15, -0.1) is 0 Å². The van der Waals surface area contributed by atoms with Crippen molar-refractivity contribution < 1.29 is 14.6 Å². The average molecular weight is 196 g/mol. The summed E-state index contributed by atoms with van der Waals surface area (Å²) in [6, 6.07) is 3.83. The zero-order valence-electron chi connectivity index (χ0n) is 8.83. The highest BCUT2D eigenvalue weighted by Crippen LogP contribution is 2.24. The highest BCUT2D eigenvalue weighted by Gasteiger charge is 2.05. The van der Waals surface area contributed by atoms with Gasteiger partial charge in [-0.25, -0.2) is 0 Å². The lowest BCUT2D eigenvalue weighted by Crippen LogP contribution is -2.02. The largest absolute Gasteiger partial charge is 0.467 e. The second-order valence-electron chi connectivity index (χ2n) is 3.27. The number of ether oxygens (including phenoxy) is 2. The zero-order valence-corrected chi connectivity index (χ0v) is 8.83. The van der Waals surface area contributed by atoms with Crippen molar-refractivity contribution >= 4 is 0 Å². The van der Waals surface area contributed by atoms with Crippen LogP contribution >= 0.6 is 0 Å². The van der Waals surface area contributed by atoms with Gasteiger partial charge in [-0.2, -0.15) is 0 Å². The molecular formula is C11H16O3. The van der Waals surface area contributed by atoms with Crippen LogP contribution < -0.4 is 4.74 Å². The molecule has 1 aromatic carbocycles. The van der Waals surface area contributed by atoms with Gasteiger partial charge in [-0.1, -0.05) is 12.1 Å². The van der Waals surface area contributed by atoms with Crippen LogP contribution in [0.1, 0.15) is 16.7 Å². The molecule has 0 fully saturated rings. The van der Waals surface area contributed by atoms with Gasteiger partial charge in [-0.05, 0) is 30.5 Å². The van der Waals surface area contributed by atoms with E-state index >= 15 is 0 Å². The van der Waals surface area contributed by atoms with Crippen LogP contribution in [0.25, 0.3) is 0 Å². The number of benzene rings is 1. The Kier molecular flexibility index (Phi) is 3.92. The van der Waals surface area contributed by atoms with E-state index in [1.54, 1.807) is 7.11 Å². The van der Waals surface area contributed by atoms with E-state index in [0.29, 0.717) is 0 Å². The fourth-order valence-electron chi connectivity index (χ4n) is 1.48. The molecule has 1 aromatic rings. The summed E-state index contributed by atoms with van der Waals surface area (Å²) in [5.41, 5.74) is 2.95. The summed E-state index contributed by atoms with van der Waals surface area (Å²) in [7, 11) is 1.59. The predicted molar refractivity (Wildman–Crippen MR) is 54.3 cm³/mol. The van der Waals surface area contributed by atoms with Gasteiger partial charge in [-0.3, -0.25) is 0 Å². The first-order valence-corrected chi connectivity index (χ1v) is 4.51. The number of aryl methyl sites for hydroxylation is 2. The second-order valence-corrected chi connectivity index (χ2v) is 3.27. The Labute approximate surface area is 84.3 Å². The number of aliphatic hydroxyl groups excluding tert-OH is 1. The Morgan fingerprint density at radius 2 is 1.79 bits per heavy atom. The second kappa shape index (κ2) is 4.98. The van der Waals surface area contributed by atoms with Gasteiger partial charge in [0.2, 0.25) is 0 Å². The molecule has 0 aliphatic carbocycles. The number of methoxy groups -OCH3 is 1. The third kappa shape index (κ3) is 2.47. The van der Waals surface area contributed by atoms with Gasteiger partial charge in [0.25, 0.3) is 0 Å². The summed E-state index contributed by atoms with van der Waals surface area (Å²) in [6.07, 6.45) is 0. The third-order valence-electron chi connectivity index (χ3n) is 2.02. The molecular weight excluding hydrogens is 180 g/mol. The summed E-state index contributed by atoms with van der Waals surface area (Å²) >= 11 is 0. The maximum Gasteiger partial charge on any atom is 0.188 e. The number of rotatable bonds is 4. The van der Waals surface area contributed by atoms with E-state index in [9.17, 15) is 0 Å². The first-order valence-electron chi connectivity index (χ1n) is 4.51. The molecule has 0 saturated carbocycles. The van der Waals surface area contributed by atoms with E-state index in [0.717, 1.165) is 22.4 Å². The van der Waals surface area contributed by atoms with Gasteiger partial charge in [0.05, 0.1) is 6.61 Å². The molecule has 0 radical (unpaired) electrons. The van der Waals surface area contributed by atoms with E-state index in [-0.39, 0.29) is 13.4 Å². The van der Waals surface area contributed by atoms with Gasteiger partial charge in [0.1, 0.15) is 5.75 Å². The summed E-state index contributed by atoms with van der Waals surface area (Å²) in [5, 5.41) is 8.99. The van der Waals surface area contributed by atoms with E-state index in [4.69, 9.17) is 14.6 Å². The number of hydrogen-bond donors (Lipinski definition) is 1. The standard InChI is InChI=1S/C11H16O3/c1-8-4-10(6-12)5-9(2)11(8)14-7-13-3/h4-5,12H,6-7H2,1-3H3. The third-order valence-corrected chi connectivity index (χ3v) is 2.02. The van der Waals surface area contributed by atoms with E-state index in [1.165, 1.54) is 0 Å². The lowest BCUT2D eigenvalue weighted by atomic mass is 10.1. The number of aliphatic hydroxyl groups is 1. The lowest BCUT2D eigenvalue weighted by molar-refractivity contribution is 0.0501. The number of hydrogen-bond acceptors (Lipinski definition) is 3. The molecule has 78 valence electrons. The Bertz CT molecular complexity index is 284. The highest BCUT2D eigenvalue weighted by atomic mass is 16.7. The fourth-order valence-corrected chi connectivity index (χ4v) is 1.48. The van der Waals surface area contributed by atoms with Crippen LogP contribution in [0.4, 0.5) is 0 Å². The summed E-state index contributed by atoms with van der Waals surface area (Å²) < 4.78 is 10.3. The summed E-state index contributed by atoms with van der Waals surface area (Å²) in [6.45, 7) is 4.22. The van der Waals surface area contributed by atoms with Crippen LogP contribution in [-0.4, -0.2) is 19.0 Å². The summed E-state index contributed by atoms with van der Waals surface area (Å²) in [4.78, 5) is 0. The van der Waals surface area contributed by atoms with Crippen molar-refractivity contribution in [1.29, 1.82) is 0 Å². The first kappa shape index (κ1) is 11.0. The van der Waals surface area contributed by atoms with Crippen molar-refractivity contribution in [3.63, 3.8) is 0 Å². The molecule has 0 saturated heterocycles. The molecule has 0 heterocycles. The van der Waals surface area contributed by atoms with Gasteiger partial charge >= 0.3 is 0 Å². The van der Waals surface area contributed by atoms with E-state index < -0.39 is 0 Å². The van der Waals surface area contributed by atoms with Crippen LogP contribution in [0, 0.1) is 13.8 Å². The van der Waals surface area contributed by atoms with Crippen LogP contribution in [0.2, 0.25) is 0 Å².